The van der Waals surface area contributed by atoms with Gasteiger partial charge in [0.1, 0.15) is 0 Å². The lowest BCUT2D eigenvalue weighted by Crippen LogP contribution is -1.92. The molecule has 0 radical (unpaired) electrons. The van der Waals surface area contributed by atoms with E-state index < -0.39 is 0 Å². The maximum atomic E-state index is 4.15. The first kappa shape index (κ1) is 8.25. The zero-order valence-electron chi connectivity index (χ0n) is 7.27. The van der Waals surface area contributed by atoms with Gasteiger partial charge in [-0.05, 0) is 6.92 Å². The summed E-state index contributed by atoms with van der Waals surface area (Å²) in [7, 11) is 0. The Morgan fingerprint density at radius 1 is 1.62 bits per heavy atom. The average Bonchev–Trinajstić information content (AvgIpc) is 2.76. The fourth-order valence-corrected chi connectivity index (χ4v) is 1.56. The average molecular weight is 194 g/mol. The van der Waals surface area contributed by atoms with Crippen molar-refractivity contribution < 1.29 is 0 Å². The number of hydrogen-bond acceptors (Lipinski definition) is 4. The molecule has 0 atom stereocenters. The van der Waals surface area contributed by atoms with Crippen molar-refractivity contribution in [2.24, 2.45) is 0 Å². The van der Waals surface area contributed by atoms with Gasteiger partial charge in [-0.15, -0.1) is 11.3 Å². The molecular weight excluding hydrogens is 184 g/mol. The molecule has 0 aliphatic carbocycles. The molecule has 0 unspecified atom stereocenters. The van der Waals surface area contributed by atoms with Crippen LogP contribution in [0.4, 0.5) is 10.8 Å². The van der Waals surface area contributed by atoms with Crippen LogP contribution in [0.15, 0.2) is 24.0 Å². The van der Waals surface area contributed by atoms with E-state index in [1.165, 1.54) is 0 Å². The number of nitrogens with one attached hydrogen (secondary N) is 1. The van der Waals surface area contributed by atoms with Crippen molar-refractivity contribution in [2.45, 2.75) is 13.5 Å². The molecule has 2 aromatic rings. The van der Waals surface area contributed by atoms with E-state index in [0.717, 1.165) is 17.4 Å². The lowest BCUT2D eigenvalue weighted by atomic mass is 10.6. The molecule has 0 fully saturated rings. The number of thiazole rings is 1. The Morgan fingerprint density at radius 3 is 3.15 bits per heavy atom. The summed E-state index contributed by atoms with van der Waals surface area (Å²) in [6.07, 6.45) is 5.53. The van der Waals surface area contributed by atoms with Gasteiger partial charge in [0.15, 0.2) is 5.13 Å². The van der Waals surface area contributed by atoms with E-state index in [1.807, 2.05) is 16.3 Å². The third kappa shape index (κ3) is 1.86. The normalized spacial score (nSPS) is 10.2. The molecule has 2 aromatic heterocycles. The van der Waals surface area contributed by atoms with Crippen molar-refractivity contribution in [3.63, 3.8) is 0 Å². The van der Waals surface area contributed by atoms with Gasteiger partial charge in [0, 0.05) is 24.3 Å². The van der Waals surface area contributed by atoms with E-state index in [0.29, 0.717) is 0 Å². The highest BCUT2D eigenvalue weighted by atomic mass is 32.1. The van der Waals surface area contributed by atoms with E-state index in [9.17, 15) is 0 Å². The van der Waals surface area contributed by atoms with Gasteiger partial charge in [-0.1, -0.05) is 0 Å². The smallest absolute Gasteiger partial charge is 0.187 e. The topological polar surface area (TPSA) is 42.7 Å². The Kier molecular flexibility index (Phi) is 2.27. The molecule has 0 aliphatic rings. The molecule has 0 saturated heterocycles. The summed E-state index contributed by atoms with van der Waals surface area (Å²) in [6.45, 7) is 2.94. The van der Waals surface area contributed by atoms with Crippen LogP contribution in [0.5, 0.6) is 0 Å². The number of hydrogen-bond donors (Lipinski definition) is 1. The van der Waals surface area contributed by atoms with Crippen LogP contribution in [-0.4, -0.2) is 14.8 Å². The fraction of sp³-hybridized carbons (Fsp3) is 0.250. The van der Waals surface area contributed by atoms with E-state index in [2.05, 4.69) is 22.3 Å². The van der Waals surface area contributed by atoms with Gasteiger partial charge < -0.3 is 5.32 Å². The summed E-state index contributed by atoms with van der Waals surface area (Å²) in [5.74, 6) is 0. The molecule has 13 heavy (non-hydrogen) atoms. The number of rotatable bonds is 3. The van der Waals surface area contributed by atoms with Gasteiger partial charge in [0.2, 0.25) is 0 Å². The Bertz CT molecular complexity index is 365. The minimum Gasteiger partial charge on any atom is -0.329 e. The van der Waals surface area contributed by atoms with Gasteiger partial charge in [-0.2, -0.15) is 5.10 Å². The van der Waals surface area contributed by atoms with Crippen LogP contribution < -0.4 is 5.32 Å². The standard InChI is InChI=1S/C8H10N4S/c1-2-12-6-7(5-10-12)11-8-9-3-4-13-8/h3-6H,2H2,1H3,(H,9,11). The van der Waals surface area contributed by atoms with Crippen LogP contribution in [0, 0.1) is 0 Å². The van der Waals surface area contributed by atoms with Crippen molar-refractivity contribution in [3.8, 4) is 0 Å². The summed E-state index contributed by atoms with van der Waals surface area (Å²) in [5.41, 5.74) is 0.983. The molecule has 1 N–H and O–H groups in total. The molecule has 0 aromatic carbocycles. The summed E-state index contributed by atoms with van der Waals surface area (Å²) in [6, 6.07) is 0. The summed E-state index contributed by atoms with van der Waals surface area (Å²) in [5, 5.41) is 10.1. The molecule has 5 heteroatoms. The molecule has 68 valence electrons. The van der Waals surface area contributed by atoms with Crippen LogP contribution in [0.3, 0.4) is 0 Å². The Labute approximate surface area is 80.2 Å². The molecule has 4 nitrogen and oxygen atoms in total. The second kappa shape index (κ2) is 3.57. The lowest BCUT2D eigenvalue weighted by Gasteiger charge is -1.95. The second-order valence-electron chi connectivity index (χ2n) is 2.55. The van der Waals surface area contributed by atoms with Gasteiger partial charge in [0.05, 0.1) is 11.9 Å². The minimum atomic E-state index is 0.888. The maximum Gasteiger partial charge on any atom is 0.187 e. The van der Waals surface area contributed by atoms with Crippen molar-refractivity contribution in [1.82, 2.24) is 14.8 Å². The van der Waals surface area contributed by atoms with Crippen molar-refractivity contribution in [2.75, 3.05) is 5.32 Å². The van der Waals surface area contributed by atoms with Crippen LogP contribution >= 0.6 is 11.3 Å². The SMILES string of the molecule is CCn1cc(Nc2nccs2)cn1. The van der Waals surface area contributed by atoms with Gasteiger partial charge in [-0.25, -0.2) is 4.98 Å². The lowest BCUT2D eigenvalue weighted by molar-refractivity contribution is 0.660. The quantitative estimate of drug-likeness (QED) is 0.813. The van der Waals surface area contributed by atoms with E-state index in [1.54, 1.807) is 23.7 Å². The molecular formula is C8H10N4S. The monoisotopic (exact) mass is 194 g/mol. The van der Waals surface area contributed by atoms with Crippen molar-refractivity contribution in [1.29, 1.82) is 0 Å². The highest BCUT2D eigenvalue weighted by molar-refractivity contribution is 7.13. The Balaban J connectivity index is 2.10. The predicted molar refractivity (Wildman–Crippen MR) is 53.3 cm³/mol. The zero-order chi connectivity index (χ0) is 9.10. The molecule has 2 heterocycles. The molecule has 2 rings (SSSR count). The molecule has 0 bridgehead atoms. The van der Waals surface area contributed by atoms with Gasteiger partial charge in [0.25, 0.3) is 0 Å². The summed E-state index contributed by atoms with van der Waals surface area (Å²) < 4.78 is 1.87. The predicted octanol–water partition coefficient (Wildman–Crippen LogP) is 2.10. The number of aromatic nitrogens is 3. The largest absolute Gasteiger partial charge is 0.329 e. The summed E-state index contributed by atoms with van der Waals surface area (Å²) >= 11 is 1.58. The third-order valence-electron chi connectivity index (χ3n) is 1.64. The Morgan fingerprint density at radius 2 is 2.54 bits per heavy atom. The van der Waals surface area contributed by atoms with Crippen LogP contribution in [0.1, 0.15) is 6.92 Å². The van der Waals surface area contributed by atoms with Crippen LogP contribution in [-0.2, 0) is 6.54 Å². The van der Waals surface area contributed by atoms with E-state index >= 15 is 0 Å². The molecule has 0 saturated carbocycles. The molecule has 0 aliphatic heterocycles. The third-order valence-corrected chi connectivity index (χ3v) is 2.33. The number of nitrogens with zero attached hydrogens (tertiary/aromatic N) is 3. The minimum absolute atomic E-state index is 0.888. The number of anilines is 2. The zero-order valence-corrected chi connectivity index (χ0v) is 8.08. The van der Waals surface area contributed by atoms with Crippen molar-refractivity contribution in [3.05, 3.63) is 24.0 Å². The van der Waals surface area contributed by atoms with Gasteiger partial charge >= 0.3 is 0 Å². The summed E-state index contributed by atoms with van der Waals surface area (Å²) in [4.78, 5) is 4.12. The van der Waals surface area contributed by atoms with E-state index in [4.69, 9.17) is 0 Å². The molecule has 0 spiro atoms. The highest BCUT2D eigenvalue weighted by Gasteiger charge is 1.98. The first-order chi connectivity index (χ1) is 6.38. The van der Waals surface area contributed by atoms with Crippen LogP contribution in [0.25, 0.3) is 0 Å². The van der Waals surface area contributed by atoms with E-state index in [-0.39, 0.29) is 0 Å². The number of aryl methyl sites for hydroxylation is 1. The highest BCUT2D eigenvalue weighted by Crippen LogP contribution is 2.17. The fourth-order valence-electron chi connectivity index (χ4n) is 1.01. The second-order valence-corrected chi connectivity index (χ2v) is 3.44. The first-order valence-corrected chi connectivity index (χ1v) is 4.95. The maximum absolute atomic E-state index is 4.15. The van der Waals surface area contributed by atoms with Crippen LogP contribution in [0.2, 0.25) is 0 Å². The molecule has 0 amide bonds. The van der Waals surface area contributed by atoms with Crippen molar-refractivity contribution >= 4 is 22.2 Å². The van der Waals surface area contributed by atoms with Gasteiger partial charge in [-0.3, -0.25) is 4.68 Å². The Hall–Kier alpha value is -1.36. The first-order valence-electron chi connectivity index (χ1n) is 4.07.